The molecule has 1 atom stereocenters. The van der Waals surface area contributed by atoms with Gasteiger partial charge in [-0.05, 0) is 94.3 Å². The Kier molecular flexibility index (Phi) is 8.36. The Morgan fingerprint density at radius 1 is 0.414 bits per heavy atom. The Balaban J connectivity index is 1.01. The Morgan fingerprint density at radius 3 is 1.79 bits per heavy atom. The van der Waals surface area contributed by atoms with Crippen LogP contribution in [-0.2, 0) is 6.42 Å². The zero-order chi connectivity index (χ0) is 38.4. The van der Waals surface area contributed by atoms with Crippen molar-refractivity contribution in [2.24, 2.45) is 0 Å². The summed E-state index contributed by atoms with van der Waals surface area (Å²) in [7, 11) is 0. The second kappa shape index (κ2) is 14.3. The molecule has 10 aromatic rings. The number of rotatable bonds is 6. The van der Waals surface area contributed by atoms with Crippen molar-refractivity contribution >= 4 is 21.8 Å². The molecule has 0 spiro atoms. The molecule has 0 fully saturated rings. The summed E-state index contributed by atoms with van der Waals surface area (Å²) in [6, 6.07) is 74.3. The van der Waals surface area contributed by atoms with Crippen molar-refractivity contribution in [3.63, 3.8) is 0 Å². The lowest BCUT2D eigenvalue weighted by atomic mass is 9.85. The highest BCUT2D eigenvalue weighted by Crippen LogP contribution is 2.45. The molecule has 2 heterocycles. The Morgan fingerprint density at radius 2 is 1.02 bits per heavy atom. The normalized spacial score (nSPS) is 13.6. The maximum absolute atomic E-state index is 5.25. The average molecular weight is 742 g/mol. The van der Waals surface area contributed by atoms with Crippen LogP contribution < -0.4 is 0 Å². The van der Waals surface area contributed by atoms with Gasteiger partial charge in [0.25, 0.3) is 0 Å². The molecule has 0 N–H and O–H groups in total. The third kappa shape index (κ3) is 6.00. The van der Waals surface area contributed by atoms with Crippen molar-refractivity contribution in [3.8, 4) is 61.8 Å². The SMILES string of the molecule is c1ccc(-c2ccc(-c3cc(-c4ccccc4)nc(-c4cccc(C5CCc6cc7c8ccccc8n(-c8ccccc8)c7cc6-c6ccccc65)c4)n3)cc2)cc1. The van der Waals surface area contributed by atoms with Gasteiger partial charge >= 0.3 is 0 Å². The standard InChI is InChI=1S/C55H39N3/c1-4-15-37(16-5-1)38-27-29-40(30-28-38)52-36-51(39-17-6-2-7-18-39)56-55(57-52)43-20-14-19-41(33-43)45-32-31-42-34-50-48-25-12-13-26-53(48)58(44-21-8-3-9-22-44)54(50)35-49(42)47-24-11-10-23-46(45)47/h1-30,33-36,45H,31-32H2. The molecule has 3 heteroatoms. The Bertz CT molecular complexity index is 3090. The monoisotopic (exact) mass is 741 g/mol. The summed E-state index contributed by atoms with van der Waals surface area (Å²) < 4.78 is 2.43. The Hall–Kier alpha value is -7.36. The van der Waals surface area contributed by atoms with Gasteiger partial charge in [-0.15, -0.1) is 0 Å². The second-order valence-electron chi connectivity index (χ2n) is 15.3. The average Bonchev–Trinajstić information content (AvgIpc) is 3.53. The predicted octanol–water partition coefficient (Wildman–Crippen LogP) is 14.0. The summed E-state index contributed by atoms with van der Waals surface area (Å²) in [5, 5.41) is 2.59. The van der Waals surface area contributed by atoms with Gasteiger partial charge in [-0.3, -0.25) is 0 Å². The molecule has 0 aliphatic heterocycles. The summed E-state index contributed by atoms with van der Waals surface area (Å²) in [4.78, 5) is 10.5. The molecular formula is C55H39N3. The third-order valence-electron chi connectivity index (χ3n) is 11.9. The summed E-state index contributed by atoms with van der Waals surface area (Å²) in [5.41, 5.74) is 17.7. The van der Waals surface area contributed by atoms with Gasteiger partial charge in [0, 0.05) is 39.1 Å². The zero-order valence-corrected chi connectivity index (χ0v) is 32.0. The van der Waals surface area contributed by atoms with E-state index >= 15 is 0 Å². The smallest absolute Gasteiger partial charge is 0.160 e. The van der Waals surface area contributed by atoms with Crippen molar-refractivity contribution in [1.82, 2.24) is 14.5 Å². The minimum absolute atomic E-state index is 0.207. The van der Waals surface area contributed by atoms with E-state index in [-0.39, 0.29) is 5.92 Å². The highest BCUT2D eigenvalue weighted by atomic mass is 15.0. The molecule has 3 nitrogen and oxygen atoms in total. The summed E-state index contributed by atoms with van der Waals surface area (Å²) in [5.74, 6) is 0.935. The van der Waals surface area contributed by atoms with E-state index in [9.17, 15) is 0 Å². The lowest BCUT2D eigenvalue weighted by Crippen LogP contribution is -2.03. The van der Waals surface area contributed by atoms with E-state index in [4.69, 9.17) is 9.97 Å². The lowest BCUT2D eigenvalue weighted by Gasteiger charge is -2.19. The molecule has 0 saturated heterocycles. The number of nitrogens with zero attached hydrogens (tertiary/aromatic N) is 3. The first-order valence-electron chi connectivity index (χ1n) is 20.2. The van der Waals surface area contributed by atoms with Crippen LogP contribution in [0.2, 0.25) is 0 Å². The quantitative estimate of drug-likeness (QED) is 0.170. The van der Waals surface area contributed by atoms with Gasteiger partial charge in [-0.1, -0.05) is 164 Å². The Labute approximate surface area is 338 Å². The predicted molar refractivity (Wildman–Crippen MR) is 240 cm³/mol. The van der Waals surface area contributed by atoms with Gasteiger partial charge in [-0.25, -0.2) is 9.97 Å². The van der Waals surface area contributed by atoms with Crippen LogP contribution in [0.15, 0.2) is 206 Å². The fourth-order valence-corrected chi connectivity index (χ4v) is 9.06. The molecule has 0 amide bonds. The molecule has 1 aliphatic carbocycles. The van der Waals surface area contributed by atoms with Crippen LogP contribution in [0.1, 0.15) is 29.0 Å². The second-order valence-corrected chi connectivity index (χ2v) is 15.3. The van der Waals surface area contributed by atoms with Crippen LogP contribution in [0.5, 0.6) is 0 Å². The molecule has 2 aromatic heterocycles. The van der Waals surface area contributed by atoms with Crippen LogP contribution in [0.4, 0.5) is 0 Å². The number of hydrogen-bond donors (Lipinski definition) is 0. The van der Waals surface area contributed by atoms with Gasteiger partial charge in [-0.2, -0.15) is 0 Å². The van der Waals surface area contributed by atoms with Crippen molar-refractivity contribution in [2.45, 2.75) is 18.8 Å². The molecule has 0 saturated carbocycles. The lowest BCUT2D eigenvalue weighted by molar-refractivity contribution is 0.726. The zero-order valence-electron chi connectivity index (χ0n) is 32.0. The number of aromatic nitrogens is 3. The van der Waals surface area contributed by atoms with Crippen molar-refractivity contribution in [2.75, 3.05) is 0 Å². The van der Waals surface area contributed by atoms with E-state index in [1.165, 1.54) is 66.4 Å². The van der Waals surface area contributed by atoms with E-state index < -0.39 is 0 Å². The summed E-state index contributed by atoms with van der Waals surface area (Å²) in [6.07, 6.45) is 1.98. The van der Waals surface area contributed by atoms with Gasteiger partial charge < -0.3 is 4.57 Å². The molecule has 1 aliphatic rings. The first-order valence-corrected chi connectivity index (χ1v) is 20.2. The van der Waals surface area contributed by atoms with Crippen LogP contribution in [0.25, 0.3) is 83.6 Å². The number of aryl methyl sites for hydroxylation is 1. The van der Waals surface area contributed by atoms with Gasteiger partial charge in [0.05, 0.1) is 22.4 Å². The van der Waals surface area contributed by atoms with Crippen molar-refractivity contribution in [3.05, 3.63) is 223 Å². The minimum Gasteiger partial charge on any atom is -0.309 e. The molecule has 274 valence electrons. The van der Waals surface area contributed by atoms with E-state index in [1.54, 1.807) is 0 Å². The van der Waals surface area contributed by atoms with Gasteiger partial charge in [0.15, 0.2) is 5.82 Å². The topological polar surface area (TPSA) is 30.7 Å². The van der Waals surface area contributed by atoms with Crippen LogP contribution in [0, 0.1) is 0 Å². The molecule has 58 heavy (non-hydrogen) atoms. The van der Waals surface area contributed by atoms with Crippen molar-refractivity contribution < 1.29 is 0 Å². The van der Waals surface area contributed by atoms with E-state index in [2.05, 4.69) is 205 Å². The number of para-hydroxylation sites is 2. The molecule has 11 rings (SSSR count). The fourth-order valence-electron chi connectivity index (χ4n) is 9.06. The fraction of sp³-hybridized carbons (Fsp3) is 0.0545. The third-order valence-corrected chi connectivity index (χ3v) is 11.9. The number of fused-ring (bicyclic) bond motifs is 6. The van der Waals surface area contributed by atoms with Crippen LogP contribution >= 0.6 is 0 Å². The van der Waals surface area contributed by atoms with E-state index in [0.29, 0.717) is 0 Å². The molecule has 0 bridgehead atoms. The maximum atomic E-state index is 5.25. The van der Waals surface area contributed by atoms with E-state index in [0.717, 1.165) is 46.7 Å². The minimum atomic E-state index is 0.207. The highest BCUT2D eigenvalue weighted by molar-refractivity contribution is 6.11. The largest absolute Gasteiger partial charge is 0.309 e. The molecule has 1 unspecified atom stereocenters. The first kappa shape index (κ1) is 33.9. The number of benzene rings is 8. The summed E-state index contributed by atoms with van der Waals surface area (Å²) in [6.45, 7) is 0. The first-order chi connectivity index (χ1) is 28.7. The molecule has 0 radical (unpaired) electrons. The molecule has 8 aromatic carbocycles. The van der Waals surface area contributed by atoms with Gasteiger partial charge in [0.2, 0.25) is 0 Å². The van der Waals surface area contributed by atoms with Crippen LogP contribution in [-0.4, -0.2) is 14.5 Å². The van der Waals surface area contributed by atoms with Crippen molar-refractivity contribution in [1.29, 1.82) is 0 Å². The highest BCUT2D eigenvalue weighted by Gasteiger charge is 2.26. The molecular weight excluding hydrogens is 703 g/mol. The van der Waals surface area contributed by atoms with Gasteiger partial charge in [0.1, 0.15) is 0 Å². The summed E-state index contributed by atoms with van der Waals surface area (Å²) >= 11 is 0. The number of hydrogen-bond acceptors (Lipinski definition) is 2. The van der Waals surface area contributed by atoms with E-state index in [1.807, 2.05) is 6.07 Å². The van der Waals surface area contributed by atoms with Crippen LogP contribution in [0.3, 0.4) is 0 Å². The maximum Gasteiger partial charge on any atom is 0.160 e.